The van der Waals surface area contributed by atoms with Crippen molar-refractivity contribution in [1.29, 1.82) is 0 Å². The molecule has 0 unspecified atom stereocenters. The molecule has 4 heterocycles. The fourth-order valence-electron chi connectivity index (χ4n) is 8.05. The van der Waals surface area contributed by atoms with Crippen molar-refractivity contribution in [2.45, 2.75) is 13.3 Å². The molecule has 1 amide bonds. The van der Waals surface area contributed by atoms with E-state index in [2.05, 4.69) is 52.1 Å². The molecule has 1 fully saturated rings. The molecule has 5 aromatic carbocycles. The second-order valence-corrected chi connectivity index (χ2v) is 18.5. The number of ether oxygens (including phenoxy) is 2. The maximum atomic E-state index is 13.0. The number of benzene rings is 5. The van der Waals surface area contributed by atoms with Gasteiger partial charge in [0.25, 0.3) is 6.47 Å². The average Bonchev–Trinajstić information content (AvgIpc) is 4.28. The lowest BCUT2D eigenvalue weighted by Crippen LogP contribution is -2.48. The van der Waals surface area contributed by atoms with Crippen LogP contribution in [0.3, 0.4) is 0 Å². The van der Waals surface area contributed by atoms with Crippen LogP contribution in [0.15, 0.2) is 141 Å². The number of hydrogen-bond donors (Lipinski definition) is 10. The molecular weight excluding hydrogens is 1040 g/mol. The van der Waals surface area contributed by atoms with Crippen molar-refractivity contribution < 1.29 is 43.7 Å². The number of nitrogens with one attached hydrogen (secondary N) is 5. The number of nitrogen functional groups attached to an aromatic ring is 2. The Morgan fingerprint density at radius 1 is 0.725 bits per heavy atom. The van der Waals surface area contributed by atoms with Crippen LogP contribution < -0.4 is 48.5 Å². The fraction of sp³-hybridized carbons (Fsp3) is 0.293. The number of nitrogens with zero attached hydrogens (tertiary/aromatic N) is 4. The highest BCUT2D eigenvalue weighted by atomic mass is 32.2. The number of aromatic hydroxyl groups is 1. The first kappa shape index (κ1) is 64.0. The molecule has 0 spiro atoms. The van der Waals surface area contributed by atoms with Crippen molar-refractivity contribution in [2.75, 3.05) is 121 Å². The topological polar surface area (TPSA) is 314 Å². The lowest BCUT2D eigenvalue weighted by molar-refractivity contribution is -0.123. The van der Waals surface area contributed by atoms with Crippen LogP contribution in [0.25, 0.3) is 6.08 Å². The van der Waals surface area contributed by atoms with Gasteiger partial charge in [-0.25, -0.2) is 0 Å². The summed E-state index contributed by atoms with van der Waals surface area (Å²) in [5.74, 6) is 2.49. The molecule has 80 heavy (non-hydrogen) atoms. The van der Waals surface area contributed by atoms with Crippen molar-refractivity contribution in [2.24, 2.45) is 15.7 Å². The number of primary amides is 1. The Hall–Kier alpha value is -8.54. The van der Waals surface area contributed by atoms with Crippen LogP contribution in [0.1, 0.15) is 40.4 Å². The quantitative estimate of drug-likeness (QED) is 0.0213. The summed E-state index contributed by atoms with van der Waals surface area (Å²) in [5, 5.41) is 34.5. The van der Waals surface area contributed by atoms with Gasteiger partial charge in [-0.1, -0.05) is 43.0 Å². The molecule has 9 rings (SSSR count). The van der Waals surface area contributed by atoms with Crippen LogP contribution in [-0.4, -0.2) is 162 Å². The van der Waals surface area contributed by atoms with Gasteiger partial charge in [0.2, 0.25) is 6.41 Å². The first-order chi connectivity index (χ1) is 39.0. The summed E-state index contributed by atoms with van der Waals surface area (Å²) < 4.78 is 11.5. The van der Waals surface area contributed by atoms with E-state index in [1.807, 2.05) is 112 Å². The number of allylic oxidation sites excluding steroid dienone is 2. The lowest BCUT2D eigenvalue weighted by atomic mass is 10.1. The monoisotopic (exact) mass is 1110 g/mol. The number of likely N-dealkylation sites (N-methyl/N-ethyl adjacent to an activating group) is 1. The zero-order chi connectivity index (χ0) is 57.9. The number of piperazine rings is 1. The maximum absolute atomic E-state index is 13.0. The largest absolute Gasteiger partial charge is 0.504 e. The van der Waals surface area contributed by atoms with E-state index in [0.29, 0.717) is 34.9 Å². The number of aliphatic imine (C=N–C) groups is 2. The number of para-hydroxylation sites is 1. The summed E-state index contributed by atoms with van der Waals surface area (Å²) in [7, 11) is 1.93. The molecule has 0 radical (unpaired) electrons. The number of aldehydes is 1. The predicted molar refractivity (Wildman–Crippen MR) is 321 cm³/mol. The van der Waals surface area contributed by atoms with E-state index in [1.165, 1.54) is 11.8 Å². The van der Waals surface area contributed by atoms with Gasteiger partial charge in [0, 0.05) is 110 Å². The molecule has 0 aromatic heterocycles. The van der Waals surface area contributed by atoms with E-state index in [9.17, 15) is 14.7 Å². The molecular formula is C58H74N12O9S. The number of anilines is 5. The van der Waals surface area contributed by atoms with Crippen LogP contribution in [0, 0.1) is 0 Å². The number of ketones is 1. The van der Waals surface area contributed by atoms with Gasteiger partial charge in [-0.3, -0.25) is 39.0 Å². The van der Waals surface area contributed by atoms with Gasteiger partial charge >= 0.3 is 0 Å². The molecule has 21 nitrogen and oxygen atoms in total. The standard InChI is InChI=1S/C30H40N4O4S.C16H16N4O.C9H11N3.CH3NO.CH2O2.CH2O/c1-3-25-29(36)28(39-30(25)32-24-7-5-4-6-8-24)22-23-9-10-27(26(35)21-23)38-20-17-34-14-12-33(13-15-34)16-19-37-18-11-31-2;17-13-7-11(10-21)8-15(9-13)20-14-3-1-12(2-4-14)16-18-5-6-19-16;10-8-3-1-7(2-4-8)9-11-5-6-12-9;2*2-1-3;1-2/h4-10,21-22,31-32,35H,3,11-20H2,1-2H3;1-4,7-10,20H,5-6,17H2,(H,18,19);1-4H,5-6,10H2,(H,11,12);1H,(H2,2,3);1H,(H,2,3);1H2/b28-22-;;;;;. The second-order valence-electron chi connectivity index (χ2n) is 17.5. The van der Waals surface area contributed by atoms with Crippen LogP contribution >= 0.6 is 11.8 Å². The van der Waals surface area contributed by atoms with E-state index in [0.717, 1.165) is 153 Å². The number of carbonyl (C=O) groups excluding carboxylic acids is 4. The van der Waals surface area contributed by atoms with Gasteiger partial charge in [-0.05, 0) is 116 Å². The zero-order valence-corrected chi connectivity index (χ0v) is 46.1. The first-order valence-electron chi connectivity index (χ1n) is 25.8. The number of phenols is 1. The summed E-state index contributed by atoms with van der Waals surface area (Å²) >= 11 is 1.44. The highest BCUT2D eigenvalue weighted by molar-refractivity contribution is 8.08. The van der Waals surface area contributed by atoms with Crippen LogP contribution in [0.5, 0.6) is 11.5 Å². The minimum atomic E-state index is -0.250. The van der Waals surface area contributed by atoms with E-state index in [4.69, 9.17) is 40.4 Å². The van der Waals surface area contributed by atoms with Crippen LogP contribution in [0.4, 0.5) is 28.4 Å². The SMILES string of the molecule is C=O.CCC1=C(Nc2ccccc2)S/C(=C\c2ccc(OCCN3CCN(CCOCCNC)CC3)c(O)c2)C1=O.NC=O.Nc1cc(C=O)cc(Nc2ccc(C3=NCCN3)cc2)c1.Nc1ccc(C2=NCCN2)cc1.O=CO. The summed E-state index contributed by atoms with van der Waals surface area (Å²) in [6, 6.07) is 36.0. The van der Waals surface area contributed by atoms with E-state index in [-0.39, 0.29) is 24.4 Å². The van der Waals surface area contributed by atoms with Crippen molar-refractivity contribution >= 4 is 89.7 Å². The van der Waals surface area contributed by atoms with Gasteiger partial charge in [0.1, 0.15) is 31.4 Å². The van der Waals surface area contributed by atoms with E-state index < -0.39 is 0 Å². The predicted octanol–water partition coefficient (Wildman–Crippen LogP) is 5.43. The number of phenolic OH excluding ortho intramolecular Hbond substituents is 1. The Balaban J connectivity index is 0.000000277. The van der Waals surface area contributed by atoms with Crippen LogP contribution in [-0.2, 0) is 23.9 Å². The third-order valence-corrected chi connectivity index (χ3v) is 13.0. The van der Waals surface area contributed by atoms with Crippen molar-refractivity contribution in [3.63, 3.8) is 0 Å². The highest BCUT2D eigenvalue weighted by Gasteiger charge is 2.28. The molecule has 4 aliphatic heterocycles. The number of amidine groups is 2. The Bertz CT molecular complexity index is 2820. The number of thioether (sulfide) groups is 1. The molecule has 0 aliphatic carbocycles. The second kappa shape index (κ2) is 36.5. The summed E-state index contributed by atoms with van der Waals surface area (Å²) in [6.07, 6.45) is 3.52. The van der Waals surface area contributed by atoms with Crippen LogP contribution in [0.2, 0.25) is 0 Å². The number of amides is 1. The first-order valence-corrected chi connectivity index (χ1v) is 26.6. The average molecular weight is 1120 g/mol. The van der Waals surface area contributed by atoms with Crippen molar-refractivity contribution in [3.8, 4) is 11.5 Å². The van der Waals surface area contributed by atoms with E-state index >= 15 is 0 Å². The number of nitrogens with two attached hydrogens (primary N) is 3. The van der Waals surface area contributed by atoms with Gasteiger partial charge in [0.05, 0.1) is 36.2 Å². The summed E-state index contributed by atoms with van der Waals surface area (Å²) in [5.41, 5.74) is 23.8. The molecule has 0 saturated carbocycles. The van der Waals surface area contributed by atoms with Gasteiger partial charge in [0.15, 0.2) is 17.3 Å². The Kier molecular flexibility index (Phi) is 29.2. The highest BCUT2D eigenvalue weighted by Crippen LogP contribution is 2.41. The summed E-state index contributed by atoms with van der Waals surface area (Å²) in [6.45, 7) is 16.0. The molecule has 4 aliphatic rings. The van der Waals surface area contributed by atoms with Gasteiger partial charge in [-0.2, -0.15) is 0 Å². The third-order valence-electron chi connectivity index (χ3n) is 11.9. The molecule has 1 saturated heterocycles. The van der Waals surface area contributed by atoms with Crippen molar-refractivity contribution in [1.82, 2.24) is 25.8 Å². The lowest BCUT2D eigenvalue weighted by Gasteiger charge is -2.34. The minimum Gasteiger partial charge on any atom is -0.504 e. The zero-order valence-electron chi connectivity index (χ0n) is 45.3. The van der Waals surface area contributed by atoms with Crippen molar-refractivity contribution in [3.05, 3.63) is 153 Å². The Morgan fingerprint density at radius 2 is 1.30 bits per heavy atom. The third kappa shape index (κ3) is 22.1. The molecule has 22 heteroatoms. The Morgan fingerprint density at radius 3 is 1.84 bits per heavy atom. The van der Waals surface area contributed by atoms with Gasteiger partial charge in [-0.15, -0.1) is 0 Å². The van der Waals surface area contributed by atoms with E-state index in [1.54, 1.807) is 30.3 Å². The number of Topliss-reactive ketones (excluding diaryl/α,β-unsaturated/α-hetero) is 1. The van der Waals surface area contributed by atoms with Gasteiger partial charge < -0.3 is 68.3 Å². The molecule has 0 bridgehead atoms. The number of carbonyl (C=O) groups is 5. The molecule has 0 atom stereocenters. The minimum absolute atomic E-state index is 0.0298. The normalized spacial score (nSPS) is 14.9. The molecule has 426 valence electrons. The Labute approximate surface area is 471 Å². The number of carboxylic acid groups (broad SMARTS) is 1. The fourth-order valence-corrected chi connectivity index (χ4v) is 9.21. The number of hydrogen-bond acceptors (Lipinski definition) is 20. The maximum Gasteiger partial charge on any atom is 0.290 e. The summed E-state index contributed by atoms with van der Waals surface area (Å²) in [4.78, 5) is 62.9. The smallest absolute Gasteiger partial charge is 0.290 e. The molecule has 13 N–H and O–H groups in total. The molecule has 5 aromatic rings. The number of rotatable bonds is 19.